The maximum atomic E-state index is 11.1. The Balaban J connectivity index is 4.03. The Bertz CT molecular complexity index is 211. The smallest absolute Gasteiger partial charge is 0.375 e. The normalized spacial score (nSPS) is 12.4. The van der Waals surface area contributed by atoms with E-state index in [9.17, 15) is 4.79 Å². The molecule has 0 aromatic carbocycles. The minimum atomic E-state index is -0.575. The average molecular weight is 213 g/mol. The fourth-order valence-electron chi connectivity index (χ4n) is 0.680. The zero-order chi connectivity index (χ0) is 10.8. The molecule has 76 valence electrons. The van der Waals surface area contributed by atoms with E-state index in [0.29, 0.717) is 5.75 Å². The number of rotatable bonds is 7. The van der Waals surface area contributed by atoms with Crippen molar-refractivity contribution in [2.24, 2.45) is 4.99 Å². The number of hydrogen-bond donors (Lipinski definition) is 0. The van der Waals surface area contributed by atoms with Crippen molar-refractivity contribution in [3.8, 4) is 0 Å². The second kappa shape index (κ2) is 8.68. The number of nitrogens with zero attached hydrogens (tertiary/aromatic N) is 1. The van der Waals surface area contributed by atoms with Crippen LogP contribution in [0, 0.1) is 0 Å². The van der Waals surface area contributed by atoms with Crippen LogP contribution in [0.15, 0.2) is 17.6 Å². The lowest BCUT2D eigenvalue weighted by atomic mass is 10.4. The molecule has 0 bridgehead atoms. The van der Waals surface area contributed by atoms with Gasteiger partial charge in [-0.05, 0) is 0 Å². The number of aliphatic imine (C=N–C) groups is 1. The molecule has 0 aromatic rings. The van der Waals surface area contributed by atoms with Gasteiger partial charge in [-0.1, -0.05) is 6.08 Å². The third-order valence-electron chi connectivity index (χ3n) is 1.29. The highest BCUT2D eigenvalue weighted by molar-refractivity contribution is 7.99. The summed E-state index contributed by atoms with van der Waals surface area (Å²) in [4.78, 5) is 14.9. The van der Waals surface area contributed by atoms with E-state index in [1.807, 2.05) is 0 Å². The van der Waals surface area contributed by atoms with Crippen molar-refractivity contribution in [3.05, 3.63) is 12.7 Å². The van der Waals surface area contributed by atoms with Crippen molar-refractivity contribution in [3.63, 3.8) is 0 Å². The molecule has 0 saturated carbocycles. The molecule has 2 radical (unpaired) electrons. The molecule has 0 saturated heterocycles. The quantitative estimate of drug-likeness (QED) is 0.155. The molecular weight excluding hydrogens is 201 g/mol. The molecule has 0 heterocycles. The van der Waals surface area contributed by atoms with Gasteiger partial charge in [-0.15, -0.1) is 6.58 Å². The van der Waals surface area contributed by atoms with Crippen LogP contribution >= 0.6 is 11.8 Å². The minimum Gasteiger partial charge on any atom is -0.560 e. The Labute approximate surface area is 89.2 Å². The lowest BCUT2D eigenvalue weighted by Crippen LogP contribution is -2.23. The molecule has 0 spiro atoms. The van der Waals surface area contributed by atoms with E-state index in [2.05, 4.69) is 21.0 Å². The number of thioether (sulfide) groups is 1. The first-order valence-corrected chi connectivity index (χ1v) is 5.05. The van der Waals surface area contributed by atoms with Crippen molar-refractivity contribution in [1.29, 1.82) is 0 Å². The van der Waals surface area contributed by atoms with Crippen molar-refractivity contribution < 1.29 is 14.2 Å². The van der Waals surface area contributed by atoms with E-state index >= 15 is 0 Å². The first-order valence-electron chi connectivity index (χ1n) is 3.90. The molecule has 0 amide bonds. The number of hydrogen-bond acceptors (Lipinski definition) is 5. The molecule has 0 aromatic heterocycles. The summed E-state index contributed by atoms with van der Waals surface area (Å²) in [6.07, 6.45) is 2.78. The maximum Gasteiger partial charge on any atom is 0.375 e. The standard InChI is InChI=1S/C8H12BNO3S/c1-3-4-14-5-7(8(11)12-2)10-6-13-9/h3,6-7H,1,4-5H2,2H3/t7-/m0/s1. The monoisotopic (exact) mass is 213 g/mol. The summed E-state index contributed by atoms with van der Waals surface area (Å²) in [5.74, 6) is 0.861. The topological polar surface area (TPSA) is 47.9 Å². The van der Waals surface area contributed by atoms with Crippen LogP contribution in [-0.4, -0.2) is 45.1 Å². The third-order valence-corrected chi connectivity index (χ3v) is 2.31. The molecule has 0 fully saturated rings. The lowest BCUT2D eigenvalue weighted by molar-refractivity contribution is -0.141. The van der Waals surface area contributed by atoms with E-state index in [1.54, 1.807) is 6.08 Å². The second-order valence-corrected chi connectivity index (χ2v) is 3.33. The van der Waals surface area contributed by atoms with Gasteiger partial charge in [0.25, 0.3) is 0 Å². The van der Waals surface area contributed by atoms with E-state index in [-0.39, 0.29) is 0 Å². The van der Waals surface area contributed by atoms with Crippen molar-refractivity contribution in [2.45, 2.75) is 6.04 Å². The Kier molecular flexibility index (Phi) is 8.12. The Morgan fingerprint density at radius 3 is 3.00 bits per heavy atom. The van der Waals surface area contributed by atoms with Gasteiger partial charge in [0.2, 0.25) is 0 Å². The van der Waals surface area contributed by atoms with Crippen LogP contribution in [0.25, 0.3) is 0 Å². The first kappa shape index (κ1) is 13.1. The highest BCUT2D eigenvalue weighted by Gasteiger charge is 2.16. The number of ether oxygens (including phenoxy) is 1. The Hall–Kier alpha value is -0.905. The second-order valence-electron chi connectivity index (χ2n) is 2.26. The zero-order valence-electron chi connectivity index (χ0n) is 8.01. The first-order chi connectivity index (χ1) is 6.76. The van der Waals surface area contributed by atoms with Crippen LogP contribution in [0.2, 0.25) is 0 Å². The summed E-state index contributed by atoms with van der Waals surface area (Å²) in [6, 6.07) is -0.575. The predicted octanol–water partition coefficient (Wildman–Crippen LogP) is 0.576. The molecule has 0 N–H and O–H groups in total. The van der Waals surface area contributed by atoms with Crippen LogP contribution in [0.1, 0.15) is 0 Å². The van der Waals surface area contributed by atoms with E-state index in [1.165, 1.54) is 18.9 Å². The zero-order valence-corrected chi connectivity index (χ0v) is 8.83. The van der Waals surface area contributed by atoms with Crippen molar-refractivity contribution >= 4 is 32.2 Å². The third kappa shape index (κ3) is 5.69. The van der Waals surface area contributed by atoms with Gasteiger partial charge in [-0.25, -0.2) is 9.79 Å². The molecule has 0 aliphatic carbocycles. The Morgan fingerprint density at radius 1 is 1.79 bits per heavy atom. The summed E-state index contributed by atoms with van der Waals surface area (Å²) in [5, 5.41) is 0. The van der Waals surface area contributed by atoms with Gasteiger partial charge >= 0.3 is 14.0 Å². The number of esters is 1. The molecule has 1 atom stereocenters. The maximum absolute atomic E-state index is 11.1. The average Bonchev–Trinajstić information content (AvgIpc) is 2.22. The van der Waals surface area contributed by atoms with Gasteiger partial charge in [0, 0.05) is 11.5 Å². The predicted molar refractivity (Wildman–Crippen MR) is 58.7 cm³/mol. The van der Waals surface area contributed by atoms with Gasteiger partial charge in [-0.2, -0.15) is 11.8 Å². The van der Waals surface area contributed by atoms with Gasteiger partial charge < -0.3 is 9.39 Å². The number of methoxy groups -OCH3 is 1. The van der Waals surface area contributed by atoms with Crippen LogP contribution in [0.5, 0.6) is 0 Å². The van der Waals surface area contributed by atoms with E-state index < -0.39 is 12.0 Å². The molecule has 6 heteroatoms. The van der Waals surface area contributed by atoms with Crippen molar-refractivity contribution in [1.82, 2.24) is 0 Å². The summed E-state index contributed by atoms with van der Waals surface area (Å²) < 4.78 is 8.70. The fraction of sp³-hybridized carbons (Fsp3) is 0.500. The van der Waals surface area contributed by atoms with Gasteiger partial charge in [0.15, 0.2) is 12.4 Å². The molecule has 14 heavy (non-hydrogen) atoms. The molecule has 0 unspecified atom stereocenters. The van der Waals surface area contributed by atoms with Crippen LogP contribution < -0.4 is 0 Å². The lowest BCUT2D eigenvalue weighted by Gasteiger charge is -2.08. The summed E-state index contributed by atoms with van der Waals surface area (Å²) >= 11 is 1.53. The number of carbonyl (C=O) groups excluding carboxylic acids is 1. The highest BCUT2D eigenvalue weighted by atomic mass is 32.2. The van der Waals surface area contributed by atoms with Gasteiger partial charge in [0.05, 0.1) is 7.11 Å². The van der Waals surface area contributed by atoms with Crippen LogP contribution in [-0.2, 0) is 14.2 Å². The molecule has 0 aliphatic heterocycles. The van der Waals surface area contributed by atoms with E-state index in [4.69, 9.17) is 8.05 Å². The summed E-state index contributed by atoms with van der Waals surface area (Å²) in [7, 11) is 6.06. The van der Waals surface area contributed by atoms with Crippen LogP contribution in [0.4, 0.5) is 0 Å². The highest BCUT2D eigenvalue weighted by Crippen LogP contribution is 2.07. The Morgan fingerprint density at radius 2 is 2.50 bits per heavy atom. The fourth-order valence-corrected chi connectivity index (χ4v) is 1.43. The summed E-state index contributed by atoms with van der Waals surface area (Å²) in [5.41, 5.74) is 0. The van der Waals surface area contributed by atoms with E-state index in [0.717, 1.165) is 12.2 Å². The molecular formula is C8H12BNO3S. The van der Waals surface area contributed by atoms with Crippen molar-refractivity contribution in [2.75, 3.05) is 18.6 Å². The molecule has 4 nitrogen and oxygen atoms in total. The number of carbonyl (C=O) groups is 1. The SMILES string of the molecule is [B]OC=N[C@@H](CSCC=C)C(=O)OC. The van der Waals surface area contributed by atoms with Gasteiger partial charge in [-0.3, -0.25) is 0 Å². The largest absolute Gasteiger partial charge is 0.560 e. The minimum absolute atomic E-state index is 0.408. The summed E-state index contributed by atoms with van der Waals surface area (Å²) in [6.45, 7) is 3.56. The van der Waals surface area contributed by atoms with Crippen LogP contribution in [0.3, 0.4) is 0 Å². The molecule has 0 rings (SSSR count). The van der Waals surface area contributed by atoms with Gasteiger partial charge in [0.1, 0.15) is 0 Å². The molecule has 0 aliphatic rings.